The summed E-state index contributed by atoms with van der Waals surface area (Å²) in [6.07, 6.45) is 0.348. The minimum absolute atomic E-state index is 0.228. The lowest BCUT2D eigenvalue weighted by molar-refractivity contribution is -0.149. The van der Waals surface area contributed by atoms with Gasteiger partial charge in [-0.1, -0.05) is 48.5 Å². The van der Waals surface area contributed by atoms with Gasteiger partial charge < -0.3 is 9.47 Å². The quantitative estimate of drug-likeness (QED) is 0.785. The van der Waals surface area contributed by atoms with E-state index in [1.54, 1.807) is 0 Å². The fourth-order valence-corrected chi connectivity index (χ4v) is 2.65. The molecule has 0 radical (unpaired) electrons. The van der Waals surface area contributed by atoms with Crippen LogP contribution in [0, 0.1) is 5.92 Å². The molecular formula is C17H16O3. The first-order valence-corrected chi connectivity index (χ1v) is 6.67. The van der Waals surface area contributed by atoms with E-state index in [-0.39, 0.29) is 18.0 Å². The lowest BCUT2D eigenvalue weighted by Gasteiger charge is -2.32. The van der Waals surface area contributed by atoms with Crippen LogP contribution in [0.2, 0.25) is 0 Å². The zero-order chi connectivity index (χ0) is 13.9. The average Bonchev–Trinajstić information content (AvgIpc) is 2.53. The summed E-state index contributed by atoms with van der Waals surface area (Å²) < 4.78 is 11.0. The maximum atomic E-state index is 12.1. The third-order valence-electron chi connectivity index (χ3n) is 3.66. The highest BCUT2D eigenvalue weighted by Gasteiger charge is 2.36. The van der Waals surface area contributed by atoms with Crippen LogP contribution in [0.1, 0.15) is 17.2 Å². The first-order valence-electron chi connectivity index (χ1n) is 6.67. The number of ether oxygens (including phenoxy) is 2. The van der Waals surface area contributed by atoms with Crippen LogP contribution in [0.15, 0.2) is 54.6 Å². The summed E-state index contributed by atoms with van der Waals surface area (Å²) in [5, 5.41) is 0. The number of methoxy groups -OCH3 is 1. The number of carbonyl (C=O) groups is 1. The van der Waals surface area contributed by atoms with Gasteiger partial charge in [-0.15, -0.1) is 0 Å². The molecule has 3 heteroatoms. The van der Waals surface area contributed by atoms with E-state index in [0.717, 1.165) is 16.9 Å². The summed E-state index contributed by atoms with van der Waals surface area (Å²) in [5.41, 5.74) is 2.05. The Morgan fingerprint density at radius 3 is 2.55 bits per heavy atom. The number of fused-ring (bicyclic) bond motifs is 1. The topological polar surface area (TPSA) is 35.5 Å². The van der Waals surface area contributed by atoms with E-state index in [1.165, 1.54) is 7.11 Å². The standard InChI is InChI=1S/C17H16O3/c1-19-17(18)14-11-13-9-5-6-10-15(13)20-16(14)12-7-3-2-4-8-12/h2-10,14,16H,11H2,1H3/t14-,16-/m1/s1. The number of rotatable bonds is 2. The van der Waals surface area contributed by atoms with E-state index in [0.29, 0.717) is 6.42 Å². The molecule has 0 bridgehead atoms. The third kappa shape index (κ3) is 2.27. The van der Waals surface area contributed by atoms with Crippen LogP contribution in [0.25, 0.3) is 0 Å². The van der Waals surface area contributed by atoms with Gasteiger partial charge in [0.1, 0.15) is 17.8 Å². The van der Waals surface area contributed by atoms with Gasteiger partial charge in [0.15, 0.2) is 0 Å². The van der Waals surface area contributed by atoms with Crippen LogP contribution in [0.4, 0.5) is 0 Å². The maximum absolute atomic E-state index is 12.1. The zero-order valence-electron chi connectivity index (χ0n) is 11.3. The SMILES string of the molecule is COC(=O)[C@@H]1Cc2ccccc2O[C@@H]1c1ccccc1. The van der Waals surface area contributed by atoms with Crippen LogP contribution in [0.5, 0.6) is 5.75 Å². The van der Waals surface area contributed by atoms with Crippen molar-refractivity contribution in [2.45, 2.75) is 12.5 Å². The Hall–Kier alpha value is -2.29. The van der Waals surface area contributed by atoms with Crippen molar-refractivity contribution in [3.05, 3.63) is 65.7 Å². The molecule has 2 aromatic rings. The Morgan fingerprint density at radius 1 is 1.10 bits per heavy atom. The van der Waals surface area contributed by atoms with Gasteiger partial charge in [-0.2, -0.15) is 0 Å². The Balaban J connectivity index is 2.00. The van der Waals surface area contributed by atoms with Crippen molar-refractivity contribution in [3.63, 3.8) is 0 Å². The van der Waals surface area contributed by atoms with Crippen molar-refractivity contribution in [1.29, 1.82) is 0 Å². The monoisotopic (exact) mass is 268 g/mol. The van der Waals surface area contributed by atoms with E-state index in [4.69, 9.17) is 9.47 Å². The molecule has 0 saturated carbocycles. The van der Waals surface area contributed by atoms with Crippen molar-refractivity contribution in [2.24, 2.45) is 5.92 Å². The van der Waals surface area contributed by atoms with Gasteiger partial charge in [0.2, 0.25) is 0 Å². The first kappa shape index (κ1) is 12.7. The van der Waals surface area contributed by atoms with E-state index >= 15 is 0 Å². The molecular weight excluding hydrogens is 252 g/mol. The van der Waals surface area contributed by atoms with Crippen molar-refractivity contribution in [2.75, 3.05) is 7.11 Å². The highest BCUT2D eigenvalue weighted by atomic mass is 16.5. The maximum Gasteiger partial charge on any atom is 0.313 e. The number of benzene rings is 2. The zero-order valence-corrected chi connectivity index (χ0v) is 11.3. The predicted octanol–water partition coefficient (Wildman–Crippen LogP) is 3.15. The van der Waals surface area contributed by atoms with Crippen LogP contribution in [-0.2, 0) is 16.0 Å². The molecule has 0 fully saturated rings. The summed E-state index contributed by atoms with van der Waals surface area (Å²) in [6, 6.07) is 17.7. The van der Waals surface area contributed by atoms with Gasteiger partial charge in [0, 0.05) is 0 Å². The molecule has 0 saturated heterocycles. The summed E-state index contributed by atoms with van der Waals surface area (Å²) in [6.45, 7) is 0. The first-order chi connectivity index (χ1) is 9.79. The van der Waals surface area contributed by atoms with Gasteiger partial charge in [0.25, 0.3) is 0 Å². The van der Waals surface area contributed by atoms with Crippen LogP contribution < -0.4 is 4.74 Å². The Bertz CT molecular complexity index is 607. The number of para-hydroxylation sites is 1. The second-order valence-electron chi connectivity index (χ2n) is 4.89. The Kier molecular flexibility index (Phi) is 3.42. The predicted molar refractivity (Wildman–Crippen MR) is 75.5 cm³/mol. The number of carbonyl (C=O) groups excluding carboxylic acids is 1. The summed E-state index contributed by atoms with van der Waals surface area (Å²) in [7, 11) is 1.42. The molecule has 0 spiro atoms. The molecule has 0 N–H and O–H groups in total. The molecule has 0 unspecified atom stereocenters. The molecule has 3 rings (SSSR count). The second kappa shape index (κ2) is 5.37. The van der Waals surface area contributed by atoms with Crippen molar-refractivity contribution in [1.82, 2.24) is 0 Å². The fourth-order valence-electron chi connectivity index (χ4n) is 2.65. The van der Waals surface area contributed by atoms with E-state index in [9.17, 15) is 4.79 Å². The molecule has 1 aliphatic heterocycles. The fraction of sp³-hybridized carbons (Fsp3) is 0.235. The van der Waals surface area contributed by atoms with Crippen LogP contribution in [-0.4, -0.2) is 13.1 Å². The van der Waals surface area contributed by atoms with Crippen LogP contribution in [0.3, 0.4) is 0 Å². The van der Waals surface area contributed by atoms with Gasteiger partial charge >= 0.3 is 5.97 Å². The Labute approximate surface area is 118 Å². The molecule has 102 valence electrons. The average molecular weight is 268 g/mol. The lowest BCUT2D eigenvalue weighted by Crippen LogP contribution is -2.32. The van der Waals surface area contributed by atoms with Gasteiger partial charge in [-0.3, -0.25) is 4.79 Å². The minimum atomic E-state index is -0.308. The summed E-state index contributed by atoms with van der Waals surface area (Å²) in [5.74, 6) is 0.312. The largest absolute Gasteiger partial charge is 0.485 e. The summed E-state index contributed by atoms with van der Waals surface area (Å²) >= 11 is 0. The molecule has 20 heavy (non-hydrogen) atoms. The molecule has 1 heterocycles. The number of hydrogen-bond donors (Lipinski definition) is 0. The van der Waals surface area contributed by atoms with Gasteiger partial charge in [0.05, 0.1) is 7.11 Å². The Morgan fingerprint density at radius 2 is 1.80 bits per heavy atom. The normalized spacial score (nSPS) is 20.6. The molecule has 0 aliphatic carbocycles. The third-order valence-corrected chi connectivity index (χ3v) is 3.66. The van der Waals surface area contributed by atoms with E-state index < -0.39 is 0 Å². The minimum Gasteiger partial charge on any atom is -0.485 e. The highest BCUT2D eigenvalue weighted by Crippen LogP contribution is 2.39. The number of esters is 1. The molecule has 2 aromatic carbocycles. The number of hydrogen-bond acceptors (Lipinski definition) is 3. The molecule has 0 amide bonds. The second-order valence-corrected chi connectivity index (χ2v) is 4.89. The van der Waals surface area contributed by atoms with Crippen LogP contribution >= 0.6 is 0 Å². The van der Waals surface area contributed by atoms with E-state index in [2.05, 4.69) is 0 Å². The van der Waals surface area contributed by atoms with Gasteiger partial charge in [-0.05, 0) is 23.6 Å². The van der Waals surface area contributed by atoms with Crippen molar-refractivity contribution in [3.8, 4) is 5.75 Å². The summed E-state index contributed by atoms with van der Waals surface area (Å²) in [4.78, 5) is 12.1. The van der Waals surface area contributed by atoms with Crippen molar-refractivity contribution < 1.29 is 14.3 Å². The molecule has 3 nitrogen and oxygen atoms in total. The van der Waals surface area contributed by atoms with Crippen molar-refractivity contribution >= 4 is 5.97 Å². The molecule has 0 aromatic heterocycles. The highest BCUT2D eigenvalue weighted by molar-refractivity contribution is 5.74. The van der Waals surface area contributed by atoms with Gasteiger partial charge in [-0.25, -0.2) is 0 Å². The lowest BCUT2D eigenvalue weighted by atomic mass is 9.87. The molecule has 1 aliphatic rings. The smallest absolute Gasteiger partial charge is 0.313 e. The molecule has 2 atom stereocenters. The van der Waals surface area contributed by atoms with E-state index in [1.807, 2.05) is 54.6 Å².